The molecule has 0 aliphatic carbocycles. The highest BCUT2D eigenvalue weighted by Crippen LogP contribution is 2.30. The van der Waals surface area contributed by atoms with E-state index in [0.717, 1.165) is 24.1 Å². The Kier molecular flexibility index (Phi) is 10.1. The Morgan fingerprint density at radius 1 is 1.05 bits per heavy atom. The molecule has 2 aromatic carbocycles. The number of nitrogens with zero attached hydrogens (tertiary/aromatic N) is 5. The van der Waals surface area contributed by atoms with Gasteiger partial charge in [-0.1, -0.05) is 29.5 Å². The first-order valence-electron chi connectivity index (χ1n) is 13.2. The van der Waals surface area contributed by atoms with Crippen molar-refractivity contribution >= 4 is 41.2 Å². The Morgan fingerprint density at radius 2 is 1.72 bits per heavy atom. The molecular weight excluding hydrogens is 583 g/mol. The fourth-order valence-corrected chi connectivity index (χ4v) is 4.41. The fourth-order valence-electron chi connectivity index (χ4n) is 3.76. The molecule has 1 amide bonds. The van der Waals surface area contributed by atoms with E-state index in [-0.39, 0.29) is 17.3 Å². The number of carbonyl (C=O) groups is 1. The molecule has 9 nitrogen and oxygen atoms in total. The molecule has 0 aliphatic rings. The summed E-state index contributed by atoms with van der Waals surface area (Å²) in [5.74, 6) is 0.230. The number of allylic oxidation sites excluding steroid dienone is 1. The number of hydrogen-bond donors (Lipinski definition) is 0. The summed E-state index contributed by atoms with van der Waals surface area (Å²) in [5.41, 5.74) is -2.97. The monoisotopic (exact) mass is 613 g/mol. The Morgan fingerprint density at radius 3 is 2.35 bits per heavy atom. The highest BCUT2D eigenvalue weighted by atomic mass is 32.2. The minimum absolute atomic E-state index is 0.0668. The molecule has 1 atom stereocenters. The third-order valence-electron chi connectivity index (χ3n) is 5.74. The second-order valence-corrected chi connectivity index (χ2v) is 11.8. The van der Waals surface area contributed by atoms with E-state index in [1.165, 1.54) is 23.3 Å². The van der Waals surface area contributed by atoms with Crippen molar-refractivity contribution in [2.24, 2.45) is 0 Å². The number of ether oxygens (including phenoxy) is 1. The number of aromatic nitrogens is 4. The Bertz CT molecular complexity index is 1530. The lowest BCUT2D eigenvalue weighted by Crippen LogP contribution is -2.36. The summed E-state index contributed by atoms with van der Waals surface area (Å²) in [6.07, 6.45) is 12.2. The van der Waals surface area contributed by atoms with Gasteiger partial charge in [-0.25, -0.2) is 9.78 Å². The molecule has 0 saturated heterocycles. The molecule has 0 radical (unpaired) electrons. The lowest BCUT2D eigenvalue weighted by Gasteiger charge is -2.27. The molecular formula is C30H30F3N5O4S. The lowest BCUT2D eigenvalue weighted by atomic mass is 10.1. The number of benzene rings is 2. The molecule has 0 aliphatic heterocycles. The zero-order valence-corrected chi connectivity index (χ0v) is 24.5. The Balaban J connectivity index is 1.43. The van der Waals surface area contributed by atoms with Gasteiger partial charge in [0.05, 0.1) is 29.6 Å². The van der Waals surface area contributed by atoms with Gasteiger partial charge in [-0.05, 0) is 80.8 Å². The Labute approximate surface area is 249 Å². The number of amides is 1. The van der Waals surface area contributed by atoms with Gasteiger partial charge in [0.25, 0.3) is 0 Å². The first-order chi connectivity index (χ1) is 20.4. The number of rotatable bonds is 10. The molecule has 13 heteroatoms. The quantitative estimate of drug-likeness (QED) is 0.175. The van der Waals surface area contributed by atoms with Crippen LogP contribution in [0.5, 0.6) is 0 Å². The summed E-state index contributed by atoms with van der Waals surface area (Å²) in [6.45, 7) is 6.12. The zero-order chi connectivity index (χ0) is 31.0. The number of hydrogen-bond acceptors (Lipinski definition) is 7. The molecule has 0 spiro atoms. The first-order valence-corrected chi connectivity index (χ1v) is 14.3. The average molecular weight is 614 g/mol. The molecule has 2 heterocycles. The van der Waals surface area contributed by atoms with Gasteiger partial charge in [0.15, 0.2) is 4.90 Å². The Hall–Kier alpha value is -4.36. The first kappa shape index (κ1) is 31.6. The van der Waals surface area contributed by atoms with Gasteiger partial charge < -0.3 is 13.7 Å². The fraction of sp³-hybridized carbons (Fsp3) is 0.267. The van der Waals surface area contributed by atoms with E-state index in [1.807, 2.05) is 36.4 Å². The summed E-state index contributed by atoms with van der Waals surface area (Å²) in [4.78, 5) is 18.7. The number of oxazole rings is 1. The SMILES string of the molecule is CC(C)(C)OC(=O)N(Cc1coc(C=Cc2ccc([S+]([O-])C(F)(F)F)cc2)n1)c1ccc(C=CCCn2ccnn2)cc1. The average Bonchev–Trinajstić information content (AvgIpc) is 3.64. The van der Waals surface area contributed by atoms with Crippen molar-refractivity contribution < 1.29 is 31.7 Å². The maximum atomic E-state index is 13.1. The summed E-state index contributed by atoms with van der Waals surface area (Å²) in [6, 6.07) is 12.6. The maximum Gasteiger partial charge on any atom is 0.578 e. The van der Waals surface area contributed by atoms with Crippen LogP contribution in [0.25, 0.3) is 18.2 Å². The van der Waals surface area contributed by atoms with Gasteiger partial charge in [0, 0.05) is 24.5 Å². The molecule has 0 N–H and O–H groups in total. The third kappa shape index (κ3) is 9.58. The zero-order valence-electron chi connectivity index (χ0n) is 23.7. The van der Waals surface area contributed by atoms with E-state index < -0.39 is 28.4 Å². The minimum atomic E-state index is -4.82. The van der Waals surface area contributed by atoms with Crippen molar-refractivity contribution in [2.45, 2.75) is 56.3 Å². The maximum absolute atomic E-state index is 13.1. The molecule has 226 valence electrons. The number of carbonyl (C=O) groups excluding carboxylic acids is 1. The summed E-state index contributed by atoms with van der Waals surface area (Å²) >= 11 is -3.09. The minimum Gasteiger partial charge on any atom is -0.604 e. The molecule has 43 heavy (non-hydrogen) atoms. The molecule has 0 bridgehead atoms. The number of halogens is 3. The van der Waals surface area contributed by atoms with Crippen molar-refractivity contribution in [3.05, 3.63) is 96.0 Å². The van der Waals surface area contributed by atoms with Crippen LogP contribution in [0.4, 0.5) is 23.7 Å². The number of aryl methyl sites for hydroxylation is 1. The second kappa shape index (κ2) is 13.7. The topological polar surface area (TPSA) is 109 Å². The van der Waals surface area contributed by atoms with E-state index in [9.17, 15) is 22.5 Å². The van der Waals surface area contributed by atoms with Crippen LogP contribution in [0, 0.1) is 0 Å². The van der Waals surface area contributed by atoms with Crippen LogP contribution in [0.15, 0.2) is 82.6 Å². The molecule has 1 unspecified atom stereocenters. The van der Waals surface area contributed by atoms with Crippen LogP contribution in [-0.2, 0) is 29.0 Å². The normalized spacial score (nSPS) is 13.1. The predicted octanol–water partition coefficient (Wildman–Crippen LogP) is 7.11. The van der Waals surface area contributed by atoms with Gasteiger partial charge in [-0.2, -0.15) is 0 Å². The van der Waals surface area contributed by atoms with Gasteiger partial charge in [0.1, 0.15) is 11.9 Å². The van der Waals surface area contributed by atoms with Crippen LogP contribution in [-0.4, -0.2) is 41.7 Å². The molecule has 4 aromatic rings. The van der Waals surface area contributed by atoms with E-state index >= 15 is 0 Å². The van der Waals surface area contributed by atoms with Crippen molar-refractivity contribution in [2.75, 3.05) is 4.90 Å². The summed E-state index contributed by atoms with van der Waals surface area (Å²) in [5, 5.41) is 7.72. The van der Waals surface area contributed by atoms with Crippen molar-refractivity contribution in [3.63, 3.8) is 0 Å². The van der Waals surface area contributed by atoms with Gasteiger partial charge in [-0.15, -0.1) is 18.3 Å². The molecule has 4 rings (SSSR count). The predicted molar refractivity (Wildman–Crippen MR) is 157 cm³/mol. The van der Waals surface area contributed by atoms with E-state index in [1.54, 1.807) is 50.0 Å². The van der Waals surface area contributed by atoms with Gasteiger partial charge in [-0.3, -0.25) is 9.58 Å². The van der Waals surface area contributed by atoms with Crippen molar-refractivity contribution in [1.82, 2.24) is 20.0 Å². The largest absolute Gasteiger partial charge is 0.604 e. The van der Waals surface area contributed by atoms with E-state index in [0.29, 0.717) is 23.5 Å². The van der Waals surface area contributed by atoms with Gasteiger partial charge >= 0.3 is 11.6 Å². The van der Waals surface area contributed by atoms with Crippen LogP contribution in [0.2, 0.25) is 0 Å². The van der Waals surface area contributed by atoms with E-state index in [4.69, 9.17) is 9.15 Å². The number of alkyl halides is 3. The van der Waals surface area contributed by atoms with Crippen LogP contribution >= 0.6 is 0 Å². The molecule has 0 saturated carbocycles. The highest BCUT2D eigenvalue weighted by Gasteiger charge is 2.45. The third-order valence-corrected chi connectivity index (χ3v) is 6.86. The molecule has 2 aromatic heterocycles. The summed E-state index contributed by atoms with van der Waals surface area (Å²) in [7, 11) is 0. The van der Waals surface area contributed by atoms with E-state index in [2.05, 4.69) is 15.3 Å². The van der Waals surface area contributed by atoms with Crippen LogP contribution in [0.3, 0.4) is 0 Å². The smallest absolute Gasteiger partial charge is 0.578 e. The van der Waals surface area contributed by atoms with Gasteiger partial charge in [0.2, 0.25) is 5.89 Å². The summed E-state index contributed by atoms with van der Waals surface area (Å²) < 4.78 is 62.4. The standard InChI is InChI=1S/C30H30F3N5O4S/c1-29(2,3)42-28(39)38(25-12-7-22(8-13-25)6-4-5-18-37-19-17-34-36-37)20-24-21-41-27(35-24)16-11-23-9-14-26(15-10-23)43(40)30(31,32)33/h4,6-17,19,21H,5,18,20H2,1-3H3. The van der Waals surface area contributed by atoms with Crippen LogP contribution < -0.4 is 4.90 Å². The number of anilines is 1. The van der Waals surface area contributed by atoms with Crippen molar-refractivity contribution in [1.29, 1.82) is 0 Å². The molecule has 0 fully saturated rings. The highest BCUT2D eigenvalue weighted by molar-refractivity contribution is 7.92. The van der Waals surface area contributed by atoms with Crippen molar-refractivity contribution in [3.8, 4) is 0 Å². The lowest BCUT2D eigenvalue weighted by molar-refractivity contribution is -0.0435. The van der Waals surface area contributed by atoms with Crippen LogP contribution in [0.1, 0.15) is 49.9 Å². The second-order valence-electron chi connectivity index (χ2n) is 10.3.